The molecule has 0 fully saturated rings. The molecule has 0 aliphatic carbocycles. The third kappa shape index (κ3) is 4.79. The highest BCUT2D eigenvalue weighted by Gasteiger charge is 2.19. The summed E-state index contributed by atoms with van der Waals surface area (Å²) < 4.78 is 26.1. The molecule has 0 saturated carbocycles. The van der Waals surface area contributed by atoms with Crippen molar-refractivity contribution in [1.82, 2.24) is 15.0 Å². The molecule has 3 aromatic heterocycles. The Bertz CT molecular complexity index is 1330. The van der Waals surface area contributed by atoms with Gasteiger partial charge in [-0.15, -0.1) is 0 Å². The zero-order valence-electron chi connectivity index (χ0n) is 18.4. The van der Waals surface area contributed by atoms with Gasteiger partial charge in [-0.3, -0.25) is 14.8 Å². The van der Waals surface area contributed by atoms with Gasteiger partial charge in [0.1, 0.15) is 11.5 Å². The standard InChI is InChI=1S/C25H23F2N5O/c1-14-4-5-19(32-25(33)22-9-16(6-7-29-22)15(2)24(26)27)10-20(14)17-8-18-13-31-23(28-3)11-21(18)30-12-17/h4-13,15,24H,1-3H3,(H,28,31)(H,32,33)/t15-/m1/s1. The van der Waals surface area contributed by atoms with E-state index in [1.165, 1.54) is 25.3 Å². The van der Waals surface area contributed by atoms with Gasteiger partial charge in [0.2, 0.25) is 6.43 Å². The van der Waals surface area contributed by atoms with E-state index in [1.54, 1.807) is 25.5 Å². The number of anilines is 2. The van der Waals surface area contributed by atoms with Crippen molar-refractivity contribution < 1.29 is 13.6 Å². The number of aromatic nitrogens is 3. The van der Waals surface area contributed by atoms with Crippen molar-refractivity contribution in [3.05, 3.63) is 77.9 Å². The van der Waals surface area contributed by atoms with E-state index in [-0.39, 0.29) is 5.69 Å². The zero-order chi connectivity index (χ0) is 23.5. The van der Waals surface area contributed by atoms with Gasteiger partial charge >= 0.3 is 0 Å². The van der Waals surface area contributed by atoms with E-state index in [4.69, 9.17) is 0 Å². The molecule has 0 bridgehead atoms. The fourth-order valence-corrected chi connectivity index (χ4v) is 3.51. The quantitative estimate of drug-likeness (QED) is 0.399. The zero-order valence-corrected chi connectivity index (χ0v) is 18.4. The Hall–Kier alpha value is -3.94. The number of hydrogen-bond donors (Lipinski definition) is 2. The molecule has 1 amide bonds. The van der Waals surface area contributed by atoms with Crippen LogP contribution in [0.15, 0.2) is 61.1 Å². The number of aryl methyl sites for hydroxylation is 1. The predicted octanol–water partition coefficient (Wildman–Crippen LogP) is 5.66. The second kappa shape index (κ2) is 9.28. The van der Waals surface area contributed by atoms with Gasteiger partial charge in [-0.2, -0.15) is 0 Å². The van der Waals surface area contributed by atoms with Crippen LogP contribution in [0.5, 0.6) is 0 Å². The molecule has 1 atom stereocenters. The van der Waals surface area contributed by atoms with Crippen molar-refractivity contribution in [2.24, 2.45) is 0 Å². The monoisotopic (exact) mass is 447 g/mol. The average molecular weight is 447 g/mol. The van der Waals surface area contributed by atoms with Crippen LogP contribution in [0.1, 0.15) is 34.5 Å². The van der Waals surface area contributed by atoms with Gasteiger partial charge < -0.3 is 10.6 Å². The highest BCUT2D eigenvalue weighted by atomic mass is 19.3. The van der Waals surface area contributed by atoms with Crippen LogP contribution < -0.4 is 10.6 Å². The fourth-order valence-electron chi connectivity index (χ4n) is 3.51. The Morgan fingerprint density at radius 2 is 1.82 bits per heavy atom. The molecule has 0 saturated heterocycles. The maximum Gasteiger partial charge on any atom is 0.274 e. The SMILES string of the molecule is CNc1cc2ncc(-c3cc(NC(=O)c4cc([C@@H](C)C(F)F)ccn4)ccc3C)cc2cn1. The molecule has 8 heteroatoms. The van der Waals surface area contributed by atoms with E-state index in [2.05, 4.69) is 25.6 Å². The van der Waals surface area contributed by atoms with Gasteiger partial charge in [-0.25, -0.2) is 13.8 Å². The molecule has 0 spiro atoms. The molecule has 0 radical (unpaired) electrons. The molecule has 3 heterocycles. The summed E-state index contributed by atoms with van der Waals surface area (Å²) in [5.41, 5.74) is 4.66. The Morgan fingerprint density at radius 1 is 1.00 bits per heavy atom. The number of carbonyl (C=O) groups is 1. The Balaban J connectivity index is 1.61. The van der Waals surface area contributed by atoms with Gasteiger partial charge in [0, 0.05) is 54.3 Å². The molecule has 2 N–H and O–H groups in total. The highest BCUT2D eigenvalue weighted by molar-refractivity contribution is 6.03. The molecule has 168 valence electrons. The normalized spacial score (nSPS) is 12.1. The molecule has 6 nitrogen and oxygen atoms in total. The van der Waals surface area contributed by atoms with Crippen molar-refractivity contribution in [3.8, 4) is 11.1 Å². The first-order valence-electron chi connectivity index (χ1n) is 10.5. The lowest BCUT2D eigenvalue weighted by Crippen LogP contribution is -2.15. The first-order valence-corrected chi connectivity index (χ1v) is 10.5. The van der Waals surface area contributed by atoms with Gasteiger partial charge in [0.25, 0.3) is 5.91 Å². The number of fused-ring (bicyclic) bond motifs is 1. The molecule has 33 heavy (non-hydrogen) atoms. The Labute approximate surface area is 190 Å². The van der Waals surface area contributed by atoms with E-state index in [9.17, 15) is 13.6 Å². The number of benzene rings is 1. The lowest BCUT2D eigenvalue weighted by molar-refractivity contribution is 0.102. The molecule has 0 aliphatic rings. The maximum atomic E-state index is 13.0. The second-order valence-corrected chi connectivity index (χ2v) is 7.82. The van der Waals surface area contributed by atoms with Crippen molar-refractivity contribution >= 4 is 28.3 Å². The van der Waals surface area contributed by atoms with Crippen LogP contribution >= 0.6 is 0 Å². The summed E-state index contributed by atoms with van der Waals surface area (Å²) in [6.07, 6.45) is 2.40. The molecule has 0 aliphatic heterocycles. The lowest BCUT2D eigenvalue weighted by atomic mass is 10.00. The smallest absolute Gasteiger partial charge is 0.274 e. The van der Waals surface area contributed by atoms with Gasteiger partial charge in [-0.1, -0.05) is 13.0 Å². The molecular weight excluding hydrogens is 424 g/mol. The molecule has 1 aromatic carbocycles. The number of carbonyl (C=O) groups excluding carboxylic acids is 1. The van der Waals surface area contributed by atoms with Gasteiger partial charge in [-0.05, 0) is 53.9 Å². The summed E-state index contributed by atoms with van der Waals surface area (Å²) in [5.74, 6) is -0.706. The van der Waals surface area contributed by atoms with Crippen LogP contribution in [0.3, 0.4) is 0 Å². The molecule has 4 aromatic rings. The summed E-state index contributed by atoms with van der Waals surface area (Å²) in [5, 5.41) is 6.71. The van der Waals surface area contributed by atoms with Crippen molar-refractivity contribution in [1.29, 1.82) is 0 Å². The Kier molecular flexibility index (Phi) is 6.26. The van der Waals surface area contributed by atoms with E-state index in [0.29, 0.717) is 11.3 Å². The fraction of sp³-hybridized carbons (Fsp3) is 0.200. The number of rotatable bonds is 6. The second-order valence-electron chi connectivity index (χ2n) is 7.82. The first kappa shape index (κ1) is 22.3. The number of nitrogens with one attached hydrogen (secondary N) is 2. The minimum Gasteiger partial charge on any atom is -0.373 e. The predicted molar refractivity (Wildman–Crippen MR) is 126 cm³/mol. The first-order chi connectivity index (χ1) is 15.9. The minimum atomic E-state index is -2.52. The van der Waals surface area contributed by atoms with Crippen LogP contribution in [0.25, 0.3) is 22.0 Å². The average Bonchev–Trinajstić information content (AvgIpc) is 2.84. The topological polar surface area (TPSA) is 79.8 Å². The molecular formula is C25H23F2N5O. The van der Waals surface area contributed by atoms with Crippen molar-refractivity contribution in [2.45, 2.75) is 26.2 Å². The summed E-state index contributed by atoms with van der Waals surface area (Å²) in [4.78, 5) is 25.7. The summed E-state index contributed by atoms with van der Waals surface area (Å²) in [6, 6.07) is 12.3. The Morgan fingerprint density at radius 3 is 2.58 bits per heavy atom. The van der Waals surface area contributed by atoms with Crippen LogP contribution in [0.4, 0.5) is 20.3 Å². The van der Waals surface area contributed by atoms with E-state index in [0.717, 1.165) is 33.4 Å². The maximum absolute atomic E-state index is 13.0. The van der Waals surface area contributed by atoms with Crippen LogP contribution in [0.2, 0.25) is 0 Å². The van der Waals surface area contributed by atoms with Crippen LogP contribution in [0, 0.1) is 6.92 Å². The number of hydrogen-bond acceptors (Lipinski definition) is 5. The largest absolute Gasteiger partial charge is 0.373 e. The number of amides is 1. The third-order valence-corrected chi connectivity index (χ3v) is 5.55. The highest BCUT2D eigenvalue weighted by Crippen LogP contribution is 2.29. The number of alkyl halides is 2. The van der Waals surface area contributed by atoms with Crippen molar-refractivity contribution in [2.75, 3.05) is 17.7 Å². The van der Waals surface area contributed by atoms with E-state index >= 15 is 0 Å². The van der Waals surface area contributed by atoms with E-state index < -0.39 is 18.3 Å². The van der Waals surface area contributed by atoms with Crippen LogP contribution in [-0.4, -0.2) is 34.3 Å². The van der Waals surface area contributed by atoms with Gasteiger partial charge in [0.15, 0.2) is 0 Å². The van der Waals surface area contributed by atoms with E-state index in [1.807, 2.05) is 31.2 Å². The summed E-state index contributed by atoms with van der Waals surface area (Å²) >= 11 is 0. The van der Waals surface area contributed by atoms with Gasteiger partial charge in [0.05, 0.1) is 5.52 Å². The van der Waals surface area contributed by atoms with Crippen LogP contribution in [-0.2, 0) is 0 Å². The summed E-state index contributed by atoms with van der Waals surface area (Å²) in [7, 11) is 1.80. The molecule has 0 unspecified atom stereocenters. The number of nitrogens with zero attached hydrogens (tertiary/aromatic N) is 3. The summed E-state index contributed by atoms with van der Waals surface area (Å²) in [6.45, 7) is 3.39. The lowest BCUT2D eigenvalue weighted by Gasteiger charge is -2.13. The number of pyridine rings is 3. The number of halogens is 2. The third-order valence-electron chi connectivity index (χ3n) is 5.55. The molecule has 4 rings (SSSR count). The van der Waals surface area contributed by atoms with Crippen molar-refractivity contribution in [3.63, 3.8) is 0 Å². The minimum absolute atomic E-state index is 0.0842.